The first-order valence-electron chi connectivity index (χ1n) is 8.76. The molecule has 1 aliphatic rings. The average Bonchev–Trinajstić information content (AvgIpc) is 3.10. The van der Waals surface area contributed by atoms with Gasteiger partial charge in [-0.1, -0.05) is 12.1 Å². The first-order chi connectivity index (χ1) is 12.5. The SMILES string of the molecule is Cc1ccc2c(oc3ncccc32)c1N1c2ncccc2N(C)C1(C)C. The lowest BCUT2D eigenvalue weighted by atomic mass is 10.1. The second-order valence-electron chi connectivity index (χ2n) is 7.30. The van der Waals surface area contributed by atoms with Crippen LogP contribution in [-0.4, -0.2) is 22.7 Å². The maximum absolute atomic E-state index is 6.22. The summed E-state index contributed by atoms with van der Waals surface area (Å²) in [7, 11) is 2.11. The Morgan fingerprint density at radius 1 is 0.962 bits per heavy atom. The second-order valence-corrected chi connectivity index (χ2v) is 7.30. The van der Waals surface area contributed by atoms with Gasteiger partial charge in [0.15, 0.2) is 11.4 Å². The van der Waals surface area contributed by atoms with Crippen molar-refractivity contribution in [3.63, 3.8) is 0 Å². The van der Waals surface area contributed by atoms with Gasteiger partial charge in [0.25, 0.3) is 0 Å². The van der Waals surface area contributed by atoms with Crippen LogP contribution >= 0.6 is 0 Å². The van der Waals surface area contributed by atoms with E-state index in [1.165, 1.54) is 0 Å². The zero-order valence-electron chi connectivity index (χ0n) is 15.3. The van der Waals surface area contributed by atoms with Crippen LogP contribution in [0.1, 0.15) is 19.4 Å². The van der Waals surface area contributed by atoms with E-state index < -0.39 is 0 Å². The van der Waals surface area contributed by atoms with Gasteiger partial charge in [0.1, 0.15) is 5.66 Å². The topological polar surface area (TPSA) is 45.4 Å². The van der Waals surface area contributed by atoms with Crippen LogP contribution in [0, 0.1) is 6.92 Å². The number of hydrogen-bond donors (Lipinski definition) is 0. The summed E-state index contributed by atoms with van der Waals surface area (Å²) < 4.78 is 6.22. The molecule has 4 heterocycles. The van der Waals surface area contributed by atoms with E-state index in [9.17, 15) is 0 Å². The third-order valence-corrected chi connectivity index (χ3v) is 5.52. The molecule has 0 aliphatic carbocycles. The van der Waals surface area contributed by atoms with Gasteiger partial charge in [-0.2, -0.15) is 0 Å². The molecule has 1 aliphatic heterocycles. The molecular formula is C21H20N4O. The summed E-state index contributed by atoms with van der Waals surface area (Å²) in [6, 6.07) is 12.4. The normalized spacial score (nSPS) is 15.8. The maximum Gasteiger partial charge on any atom is 0.227 e. The van der Waals surface area contributed by atoms with Gasteiger partial charge >= 0.3 is 0 Å². The fraction of sp³-hybridized carbons (Fsp3) is 0.238. The Kier molecular flexibility index (Phi) is 2.91. The van der Waals surface area contributed by atoms with Gasteiger partial charge < -0.3 is 9.32 Å². The number of nitrogens with zero attached hydrogens (tertiary/aromatic N) is 4. The van der Waals surface area contributed by atoms with Crippen molar-refractivity contribution >= 4 is 39.3 Å². The van der Waals surface area contributed by atoms with Gasteiger partial charge in [-0.25, -0.2) is 9.97 Å². The van der Waals surface area contributed by atoms with E-state index in [1.807, 2.05) is 18.3 Å². The van der Waals surface area contributed by atoms with Gasteiger partial charge in [-0.3, -0.25) is 4.90 Å². The third-order valence-electron chi connectivity index (χ3n) is 5.52. The molecule has 1 aromatic carbocycles. The largest absolute Gasteiger partial charge is 0.435 e. The van der Waals surface area contributed by atoms with Gasteiger partial charge in [0, 0.05) is 30.2 Å². The third kappa shape index (κ3) is 1.80. The molecule has 130 valence electrons. The summed E-state index contributed by atoms with van der Waals surface area (Å²) in [6.45, 7) is 6.52. The smallest absolute Gasteiger partial charge is 0.227 e. The van der Waals surface area contributed by atoms with Crippen LogP contribution in [0.25, 0.3) is 22.1 Å². The molecule has 0 saturated heterocycles. The van der Waals surface area contributed by atoms with E-state index in [-0.39, 0.29) is 5.66 Å². The highest BCUT2D eigenvalue weighted by atomic mass is 16.3. The van der Waals surface area contributed by atoms with Crippen molar-refractivity contribution in [1.82, 2.24) is 9.97 Å². The fourth-order valence-electron chi connectivity index (χ4n) is 3.94. The van der Waals surface area contributed by atoms with Crippen molar-refractivity contribution in [3.05, 3.63) is 54.4 Å². The molecule has 0 bridgehead atoms. The van der Waals surface area contributed by atoms with Crippen molar-refractivity contribution < 1.29 is 4.42 Å². The Balaban J connectivity index is 1.88. The first-order valence-corrected chi connectivity index (χ1v) is 8.76. The number of aryl methyl sites for hydroxylation is 1. The highest BCUT2D eigenvalue weighted by Crippen LogP contribution is 2.50. The van der Waals surface area contributed by atoms with Crippen LogP contribution in [0.2, 0.25) is 0 Å². The Bertz CT molecular complexity index is 1160. The molecule has 0 N–H and O–H groups in total. The van der Waals surface area contributed by atoms with Gasteiger partial charge in [0.05, 0.1) is 11.4 Å². The van der Waals surface area contributed by atoms with Crippen molar-refractivity contribution in [2.24, 2.45) is 0 Å². The van der Waals surface area contributed by atoms with Crippen LogP contribution < -0.4 is 9.80 Å². The molecule has 3 aromatic heterocycles. The Hall–Kier alpha value is -3.08. The summed E-state index contributed by atoms with van der Waals surface area (Å²) >= 11 is 0. The lowest BCUT2D eigenvalue weighted by Crippen LogP contribution is -2.49. The molecule has 0 saturated carbocycles. The molecule has 0 amide bonds. The quantitative estimate of drug-likeness (QED) is 0.486. The minimum atomic E-state index is -0.276. The standard InChI is InChI=1S/C21H20N4O/c1-13-9-10-14-15-7-5-12-23-20(15)26-18(14)17(13)25-19-16(8-6-11-22-19)24(4)21(25,2)3/h5-12H,1-4H3. The number of benzene rings is 1. The van der Waals surface area contributed by atoms with E-state index >= 15 is 0 Å². The maximum atomic E-state index is 6.22. The number of fused-ring (bicyclic) bond motifs is 4. The summed E-state index contributed by atoms with van der Waals surface area (Å²) in [5.41, 5.74) is 4.57. The van der Waals surface area contributed by atoms with Crippen molar-refractivity contribution in [1.29, 1.82) is 0 Å². The van der Waals surface area contributed by atoms with Gasteiger partial charge in [-0.15, -0.1) is 0 Å². The zero-order valence-corrected chi connectivity index (χ0v) is 15.3. The summed E-state index contributed by atoms with van der Waals surface area (Å²) in [5.74, 6) is 0.948. The number of rotatable bonds is 1. The van der Waals surface area contributed by atoms with Crippen LogP contribution in [0.3, 0.4) is 0 Å². The number of anilines is 3. The molecular weight excluding hydrogens is 324 g/mol. The van der Waals surface area contributed by atoms with E-state index in [2.05, 4.69) is 66.9 Å². The summed E-state index contributed by atoms with van der Waals surface area (Å²) in [6.07, 6.45) is 3.61. The lowest BCUT2D eigenvalue weighted by Gasteiger charge is -2.38. The molecule has 0 unspecified atom stereocenters. The van der Waals surface area contributed by atoms with Crippen LogP contribution in [0.5, 0.6) is 0 Å². The first kappa shape index (κ1) is 15.2. The molecule has 0 atom stereocenters. The Labute approximate surface area is 151 Å². The van der Waals surface area contributed by atoms with Crippen LogP contribution in [0.15, 0.2) is 53.2 Å². The molecule has 5 nitrogen and oxygen atoms in total. The minimum absolute atomic E-state index is 0.276. The minimum Gasteiger partial charge on any atom is -0.435 e. The molecule has 4 aromatic rings. The zero-order chi connectivity index (χ0) is 18.1. The highest BCUT2D eigenvalue weighted by Gasteiger charge is 2.43. The van der Waals surface area contributed by atoms with Gasteiger partial charge in [-0.05, 0) is 50.6 Å². The molecule has 0 radical (unpaired) electrons. The van der Waals surface area contributed by atoms with E-state index in [4.69, 9.17) is 9.40 Å². The Morgan fingerprint density at radius 3 is 2.58 bits per heavy atom. The molecule has 26 heavy (non-hydrogen) atoms. The predicted molar refractivity (Wildman–Crippen MR) is 105 cm³/mol. The molecule has 5 heteroatoms. The van der Waals surface area contributed by atoms with E-state index in [0.717, 1.165) is 39.1 Å². The predicted octanol–water partition coefficient (Wildman–Crippen LogP) is 5.01. The molecule has 0 fully saturated rings. The lowest BCUT2D eigenvalue weighted by molar-refractivity contribution is 0.517. The molecule has 0 spiro atoms. The van der Waals surface area contributed by atoms with Crippen molar-refractivity contribution in [3.8, 4) is 0 Å². The van der Waals surface area contributed by atoms with E-state index in [1.54, 1.807) is 6.20 Å². The summed E-state index contributed by atoms with van der Waals surface area (Å²) in [4.78, 5) is 13.6. The summed E-state index contributed by atoms with van der Waals surface area (Å²) in [5, 5.41) is 2.12. The highest BCUT2D eigenvalue weighted by molar-refractivity contribution is 6.09. The van der Waals surface area contributed by atoms with Crippen LogP contribution in [0.4, 0.5) is 17.2 Å². The van der Waals surface area contributed by atoms with Crippen molar-refractivity contribution in [2.75, 3.05) is 16.8 Å². The number of pyridine rings is 2. The monoisotopic (exact) mass is 344 g/mol. The Morgan fingerprint density at radius 2 is 1.73 bits per heavy atom. The number of furan rings is 1. The number of hydrogen-bond acceptors (Lipinski definition) is 5. The van der Waals surface area contributed by atoms with E-state index in [0.29, 0.717) is 5.71 Å². The second kappa shape index (κ2) is 4.97. The van der Waals surface area contributed by atoms with Gasteiger partial charge in [0.2, 0.25) is 5.71 Å². The fourth-order valence-corrected chi connectivity index (χ4v) is 3.94. The van der Waals surface area contributed by atoms with Crippen molar-refractivity contribution in [2.45, 2.75) is 26.4 Å². The van der Waals surface area contributed by atoms with Crippen LogP contribution in [-0.2, 0) is 0 Å². The average molecular weight is 344 g/mol. The molecule has 5 rings (SSSR count). The number of aromatic nitrogens is 2.